The van der Waals surface area contributed by atoms with Crippen LogP contribution in [0.15, 0.2) is 48.5 Å². The fourth-order valence-electron chi connectivity index (χ4n) is 3.09. The van der Waals surface area contributed by atoms with Crippen molar-refractivity contribution < 1.29 is 0 Å². The summed E-state index contributed by atoms with van der Waals surface area (Å²) in [5.41, 5.74) is 4.08. The van der Waals surface area contributed by atoms with Crippen LogP contribution >= 0.6 is 11.6 Å². The Morgan fingerprint density at radius 3 is 2.48 bits per heavy atom. The summed E-state index contributed by atoms with van der Waals surface area (Å²) in [6, 6.07) is 18.1. The number of halogens is 1. The van der Waals surface area contributed by atoms with Gasteiger partial charge in [-0.05, 0) is 55.9 Å². The van der Waals surface area contributed by atoms with Crippen molar-refractivity contribution in [1.29, 1.82) is 0 Å². The molecule has 21 heavy (non-hydrogen) atoms. The third-order valence-corrected chi connectivity index (χ3v) is 4.76. The molecular weight excluding hydrogens is 278 g/mol. The molecule has 1 aliphatic rings. The molecule has 1 unspecified atom stereocenters. The molecule has 1 nitrogen and oxygen atoms in total. The van der Waals surface area contributed by atoms with Gasteiger partial charge >= 0.3 is 0 Å². The first-order valence-electron chi connectivity index (χ1n) is 7.70. The van der Waals surface area contributed by atoms with Gasteiger partial charge in [-0.15, -0.1) is 0 Å². The van der Waals surface area contributed by atoms with E-state index in [-0.39, 0.29) is 0 Å². The highest BCUT2D eigenvalue weighted by Gasteiger charge is 2.30. The van der Waals surface area contributed by atoms with Crippen molar-refractivity contribution in [2.24, 2.45) is 0 Å². The van der Waals surface area contributed by atoms with Gasteiger partial charge in [-0.3, -0.25) is 0 Å². The second-order valence-corrected chi connectivity index (χ2v) is 6.66. The van der Waals surface area contributed by atoms with Crippen molar-refractivity contribution in [3.8, 4) is 0 Å². The second-order valence-electron chi connectivity index (χ2n) is 6.22. The molecule has 0 bridgehead atoms. The van der Waals surface area contributed by atoms with E-state index in [2.05, 4.69) is 55.6 Å². The maximum atomic E-state index is 6.06. The lowest BCUT2D eigenvalue weighted by Gasteiger charge is -2.38. The largest absolute Gasteiger partial charge is 0.307 e. The molecule has 2 heteroatoms. The Balaban J connectivity index is 1.54. The first-order chi connectivity index (χ1) is 10.1. The minimum Gasteiger partial charge on any atom is -0.307 e. The van der Waals surface area contributed by atoms with E-state index in [4.69, 9.17) is 11.6 Å². The SMILES string of the molecule is Cc1ccc(C2CC(NC(C)c3cccc(Cl)c3)C2)cc1. The maximum Gasteiger partial charge on any atom is 0.0409 e. The minimum atomic E-state index is 0.354. The number of hydrogen-bond donors (Lipinski definition) is 1. The van der Waals surface area contributed by atoms with Gasteiger partial charge in [-0.1, -0.05) is 53.6 Å². The fourth-order valence-corrected chi connectivity index (χ4v) is 3.29. The average molecular weight is 300 g/mol. The van der Waals surface area contributed by atoms with Gasteiger partial charge in [0.1, 0.15) is 0 Å². The van der Waals surface area contributed by atoms with Gasteiger partial charge in [0.15, 0.2) is 0 Å². The van der Waals surface area contributed by atoms with Crippen LogP contribution in [0, 0.1) is 6.92 Å². The summed E-state index contributed by atoms with van der Waals surface area (Å²) in [7, 11) is 0. The molecule has 1 atom stereocenters. The Labute approximate surface area is 132 Å². The van der Waals surface area contributed by atoms with Crippen LogP contribution in [0.5, 0.6) is 0 Å². The lowest BCUT2D eigenvalue weighted by Crippen LogP contribution is -2.41. The van der Waals surface area contributed by atoms with Crippen LogP contribution in [0.25, 0.3) is 0 Å². The Kier molecular flexibility index (Phi) is 4.32. The third-order valence-electron chi connectivity index (χ3n) is 4.52. The number of aryl methyl sites for hydroxylation is 1. The first kappa shape index (κ1) is 14.6. The molecule has 0 aromatic heterocycles. The zero-order valence-corrected chi connectivity index (χ0v) is 13.4. The predicted molar refractivity (Wildman–Crippen MR) is 89.9 cm³/mol. The van der Waals surface area contributed by atoms with E-state index in [9.17, 15) is 0 Å². The Morgan fingerprint density at radius 1 is 1.10 bits per heavy atom. The highest BCUT2D eigenvalue weighted by Crippen LogP contribution is 2.38. The molecule has 2 aromatic rings. The second kappa shape index (κ2) is 6.21. The Bertz CT molecular complexity index is 599. The van der Waals surface area contributed by atoms with Gasteiger partial charge in [0.25, 0.3) is 0 Å². The first-order valence-corrected chi connectivity index (χ1v) is 8.07. The number of nitrogens with one attached hydrogen (secondary N) is 1. The molecule has 0 amide bonds. The molecule has 1 aliphatic carbocycles. The third kappa shape index (κ3) is 3.48. The fraction of sp³-hybridized carbons (Fsp3) is 0.368. The van der Waals surface area contributed by atoms with Crippen LogP contribution in [-0.2, 0) is 0 Å². The van der Waals surface area contributed by atoms with Gasteiger partial charge < -0.3 is 5.32 Å². The van der Waals surface area contributed by atoms with Crippen LogP contribution in [-0.4, -0.2) is 6.04 Å². The summed E-state index contributed by atoms with van der Waals surface area (Å²) in [4.78, 5) is 0. The number of rotatable bonds is 4. The monoisotopic (exact) mass is 299 g/mol. The van der Waals surface area contributed by atoms with E-state index < -0.39 is 0 Å². The van der Waals surface area contributed by atoms with Crippen molar-refractivity contribution in [2.45, 2.75) is 44.7 Å². The smallest absolute Gasteiger partial charge is 0.0409 e. The summed E-state index contributed by atoms with van der Waals surface area (Å²) in [6.07, 6.45) is 2.46. The van der Waals surface area contributed by atoms with Crippen LogP contribution in [0.4, 0.5) is 0 Å². The van der Waals surface area contributed by atoms with Crippen LogP contribution < -0.4 is 5.32 Å². The van der Waals surface area contributed by atoms with Crippen molar-refractivity contribution in [2.75, 3.05) is 0 Å². The summed E-state index contributed by atoms with van der Waals surface area (Å²) < 4.78 is 0. The molecule has 3 rings (SSSR count). The summed E-state index contributed by atoms with van der Waals surface area (Å²) >= 11 is 6.06. The summed E-state index contributed by atoms with van der Waals surface area (Å²) in [5.74, 6) is 0.717. The minimum absolute atomic E-state index is 0.354. The molecule has 0 spiro atoms. The topological polar surface area (TPSA) is 12.0 Å². The highest BCUT2D eigenvalue weighted by molar-refractivity contribution is 6.30. The van der Waals surface area contributed by atoms with E-state index in [1.807, 2.05) is 12.1 Å². The van der Waals surface area contributed by atoms with E-state index >= 15 is 0 Å². The molecule has 0 heterocycles. The van der Waals surface area contributed by atoms with Gasteiger partial charge in [-0.25, -0.2) is 0 Å². The molecular formula is C19H22ClN. The van der Waals surface area contributed by atoms with E-state index in [0.717, 1.165) is 10.9 Å². The van der Waals surface area contributed by atoms with E-state index in [1.54, 1.807) is 0 Å². The molecule has 0 aliphatic heterocycles. The van der Waals surface area contributed by atoms with Gasteiger partial charge in [0, 0.05) is 17.1 Å². The zero-order valence-electron chi connectivity index (χ0n) is 12.6. The van der Waals surface area contributed by atoms with Crippen LogP contribution in [0.2, 0.25) is 5.02 Å². The molecule has 1 saturated carbocycles. The lowest BCUT2D eigenvalue weighted by atomic mass is 9.75. The Morgan fingerprint density at radius 2 is 1.81 bits per heavy atom. The summed E-state index contributed by atoms with van der Waals surface area (Å²) in [6.45, 7) is 4.35. The van der Waals surface area contributed by atoms with Crippen molar-refractivity contribution in [3.63, 3.8) is 0 Å². The van der Waals surface area contributed by atoms with Crippen molar-refractivity contribution in [3.05, 3.63) is 70.2 Å². The highest BCUT2D eigenvalue weighted by atomic mass is 35.5. The van der Waals surface area contributed by atoms with Gasteiger partial charge in [-0.2, -0.15) is 0 Å². The lowest BCUT2D eigenvalue weighted by molar-refractivity contribution is 0.271. The van der Waals surface area contributed by atoms with E-state index in [0.29, 0.717) is 12.1 Å². The summed E-state index contributed by atoms with van der Waals surface area (Å²) in [5, 5.41) is 4.52. The van der Waals surface area contributed by atoms with Crippen molar-refractivity contribution in [1.82, 2.24) is 5.32 Å². The molecule has 1 N–H and O–H groups in total. The van der Waals surface area contributed by atoms with Gasteiger partial charge in [0.2, 0.25) is 0 Å². The molecule has 0 saturated heterocycles. The van der Waals surface area contributed by atoms with Crippen LogP contribution in [0.3, 0.4) is 0 Å². The predicted octanol–water partition coefficient (Wildman–Crippen LogP) is 5.25. The van der Waals surface area contributed by atoms with Gasteiger partial charge in [0.05, 0.1) is 0 Å². The van der Waals surface area contributed by atoms with Crippen molar-refractivity contribution >= 4 is 11.6 Å². The standard InChI is InChI=1S/C19H22ClN/c1-13-6-8-15(9-7-13)17-11-19(12-17)21-14(2)16-4-3-5-18(20)10-16/h3-10,14,17,19,21H,11-12H2,1-2H3. The molecule has 2 aromatic carbocycles. The molecule has 0 radical (unpaired) electrons. The maximum absolute atomic E-state index is 6.06. The molecule has 1 fully saturated rings. The van der Waals surface area contributed by atoms with E-state index in [1.165, 1.54) is 29.5 Å². The quantitative estimate of drug-likeness (QED) is 0.813. The molecule has 110 valence electrons. The number of benzene rings is 2. The average Bonchev–Trinajstić information content (AvgIpc) is 2.43. The number of hydrogen-bond acceptors (Lipinski definition) is 1. The zero-order chi connectivity index (χ0) is 14.8. The Hall–Kier alpha value is -1.31. The van der Waals surface area contributed by atoms with Crippen LogP contribution in [0.1, 0.15) is 48.4 Å². The normalized spacial score (nSPS) is 22.6.